The SMILES string of the molecule is Cc1ccc(F)c(N2CCC[C@@H](Sc3cccnn3)C2=O)c1. The lowest BCUT2D eigenvalue weighted by atomic mass is 10.1. The van der Waals surface area contributed by atoms with Crippen molar-refractivity contribution in [1.82, 2.24) is 10.2 Å². The van der Waals surface area contributed by atoms with Gasteiger partial charge in [0.05, 0.1) is 10.9 Å². The number of carbonyl (C=O) groups is 1. The van der Waals surface area contributed by atoms with Crippen molar-refractivity contribution in [3.05, 3.63) is 47.9 Å². The molecule has 1 atom stereocenters. The number of carbonyl (C=O) groups excluding carboxylic acids is 1. The number of halogens is 1. The van der Waals surface area contributed by atoms with Gasteiger partial charge >= 0.3 is 0 Å². The van der Waals surface area contributed by atoms with Crippen LogP contribution in [0.25, 0.3) is 0 Å². The van der Waals surface area contributed by atoms with Gasteiger partial charge in [0.1, 0.15) is 10.8 Å². The number of benzene rings is 1. The van der Waals surface area contributed by atoms with E-state index >= 15 is 0 Å². The first-order valence-corrected chi connectivity index (χ1v) is 8.05. The maximum Gasteiger partial charge on any atom is 0.240 e. The highest BCUT2D eigenvalue weighted by Crippen LogP contribution is 2.32. The van der Waals surface area contributed by atoms with Crippen LogP contribution in [0.2, 0.25) is 0 Å². The van der Waals surface area contributed by atoms with Gasteiger partial charge in [-0.25, -0.2) is 4.39 Å². The normalized spacial score (nSPS) is 18.5. The molecule has 1 amide bonds. The van der Waals surface area contributed by atoms with E-state index in [1.54, 1.807) is 29.3 Å². The first-order valence-electron chi connectivity index (χ1n) is 7.17. The molecule has 22 heavy (non-hydrogen) atoms. The Morgan fingerprint density at radius 1 is 1.36 bits per heavy atom. The number of aromatic nitrogens is 2. The van der Waals surface area contributed by atoms with Gasteiger partial charge in [-0.1, -0.05) is 17.8 Å². The van der Waals surface area contributed by atoms with Gasteiger partial charge in [-0.15, -0.1) is 5.10 Å². The van der Waals surface area contributed by atoms with Crippen LogP contribution < -0.4 is 4.90 Å². The molecule has 0 radical (unpaired) electrons. The fraction of sp³-hybridized carbons (Fsp3) is 0.312. The van der Waals surface area contributed by atoms with Crippen molar-refractivity contribution >= 4 is 23.4 Å². The second-order valence-corrected chi connectivity index (χ2v) is 6.48. The molecule has 2 aromatic rings. The number of anilines is 1. The van der Waals surface area contributed by atoms with E-state index in [9.17, 15) is 9.18 Å². The van der Waals surface area contributed by atoms with Gasteiger partial charge < -0.3 is 4.90 Å². The number of thioether (sulfide) groups is 1. The topological polar surface area (TPSA) is 46.1 Å². The lowest BCUT2D eigenvalue weighted by Gasteiger charge is -2.32. The van der Waals surface area contributed by atoms with Gasteiger partial charge in [0.15, 0.2) is 0 Å². The van der Waals surface area contributed by atoms with Crippen LogP contribution in [0.15, 0.2) is 41.6 Å². The molecule has 1 fully saturated rings. The van der Waals surface area contributed by atoms with Gasteiger partial charge in [0.2, 0.25) is 5.91 Å². The smallest absolute Gasteiger partial charge is 0.240 e. The summed E-state index contributed by atoms with van der Waals surface area (Å²) < 4.78 is 14.1. The maximum absolute atomic E-state index is 14.1. The van der Waals surface area contributed by atoms with E-state index in [-0.39, 0.29) is 17.0 Å². The Morgan fingerprint density at radius 3 is 3.00 bits per heavy atom. The summed E-state index contributed by atoms with van der Waals surface area (Å²) in [7, 11) is 0. The Labute approximate surface area is 132 Å². The fourth-order valence-electron chi connectivity index (χ4n) is 2.52. The van der Waals surface area contributed by atoms with Gasteiger partial charge in [-0.3, -0.25) is 4.79 Å². The molecule has 1 aromatic carbocycles. The number of nitrogens with zero attached hydrogens (tertiary/aromatic N) is 3. The molecule has 3 rings (SSSR count). The van der Waals surface area contributed by atoms with Crippen molar-refractivity contribution in [3.8, 4) is 0 Å². The number of hydrogen-bond donors (Lipinski definition) is 0. The van der Waals surface area contributed by atoms with Crippen LogP contribution in [-0.4, -0.2) is 27.9 Å². The molecule has 0 aliphatic carbocycles. The molecule has 1 aliphatic rings. The minimum absolute atomic E-state index is 0.0635. The van der Waals surface area contributed by atoms with Crippen molar-refractivity contribution in [2.24, 2.45) is 0 Å². The molecule has 2 heterocycles. The average molecular weight is 317 g/mol. The number of piperidine rings is 1. The van der Waals surface area contributed by atoms with Crippen LogP contribution in [-0.2, 0) is 4.79 Å². The van der Waals surface area contributed by atoms with Crippen molar-refractivity contribution < 1.29 is 9.18 Å². The quantitative estimate of drug-likeness (QED) is 0.872. The Bertz CT molecular complexity index is 680. The molecular formula is C16H16FN3OS. The van der Waals surface area contributed by atoms with E-state index in [0.717, 1.165) is 18.4 Å². The molecule has 1 aromatic heterocycles. The Kier molecular flexibility index (Phi) is 4.38. The van der Waals surface area contributed by atoms with Gasteiger partial charge in [0.25, 0.3) is 0 Å². The van der Waals surface area contributed by atoms with E-state index in [1.807, 2.05) is 13.0 Å². The summed E-state index contributed by atoms with van der Waals surface area (Å²) in [5, 5.41) is 8.30. The molecule has 0 saturated carbocycles. The predicted molar refractivity (Wildman–Crippen MR) is 84.4 cm³/mol. The zero-order chi connectivity index (χ0) is 15.5. The molecular weight excluding hydrogens is 301 g/mol. The molecule has 114 valence electrons. The summed E-state index contributed by atoms with van der Waals surface area (Å²) in [5.74, 6) is -0.421. The number of aryl methyl sites for hydroxylation is 1. The predicted octanol–water partition coefficient (Wildman–Crippen LogP) is 3.21. The third kappa shape index (κ3) is 3.11. The second kappa shape index (κ2) is 6.44. The van der Waals surface area contributed by atoms with Crippen molar-refractivity contribution in [1.29, 1.82) is 0 Å². The summed E-state index contributed by atoms with van der Waals surface area (Å²) >= 11 is 1.39. The molecule has 1 saturated heterocycles. The first kappa shape index (κ1) is 15.0. The highest BCUT2D eigenvalue weighted by Gasteiger charge is 2.32. The molecule has 0 unspecified atom stereocenters. The van der Waals surface area contributed by atoms with E-state index in [2.05, 4.69) is 10.2 Å². The van der Waals surface area contributed by atoms with E-state index < -0.39 is 0 Å². The van der Waals surface area contributed by atoms with E-state index in [4.69, 9.17) is 0 Å². The Morgan fingerprint density at radius 2 is 2.23 bits per heavy atom. The van der Waals surface area contributed by atoms with Crippen molar-refractivity contribution in [2.75, 3.05) is 11.4 Å². The summed E-state index contributed by atoms with van der Waals surface area (Å²) in [5.41, 5.74) is 1.31. The van der Waals surface area contributed by atoms with Crippen LogP contribution in [0.4, 0.5) is 10.1 Å². The molecule has 0 N–H and O–H groups in total. The number of amides is 1. The lowest BCUT2D eigenvalue weighted by Crippen LogP contribution is -2.43. The fourth-order valence-corrected chi connectivity index (χ4v) is 3.57. The number of rotatable bonds is 3. The van der Waals surface area contributed by atoms with E-state index in [0.29, 0.717) is 17.3 Å². The van der Waals surface area contributed by atoms with Crippen LogP contribution >= 0.6 is 11.8 Å². The summed E-state index contributed by atoms with van der Waals surface area (Å²) in [6.07, 6.45) is 3.21. The highest BCUT2D eigenvalue weighted by molar-refractivity contribution is 8.00. The van der Waals surface area contributed by atoms with Crippen LogP contribution in [0, 0.1) is 12.7 Å². The largest absolute Gasteiger partial charge is 0.309 e. The molecule has 6 heteroatoms. The molecule has 0 bridgehead atoms. The standard InChI is InChI=1S/C16H16FN3OS/c1-11-6-7-12(17)13(10-11)20-9-3-4-14(16(20)21)22-15-5-2-8-18-19-15/h2,5-8,10,14H,3-4,9H2,1H3/t14-/m1/s1. The first-order chi connectivity index (χ1) is 10.6. The van der Waals surface area contributed by atoms with E-state index in [1.165, 1.54) is 17.8 Å². The minimum atomic E-state index is -0.357. The van der Waals surface area contributed by atoms with Gasteiger partial charge in [-0.2, -0.15) is 5.10 Å². The molecule has 4 nitrogen and oxygen atoms in total. The number of hydrogen-bond acceptors (Lipinski definition) is 4. The maximum atomic E-state index is 14.1. The van der Waals surface area contributed by atoms with Gasteiger partial charge in [-0.05, 0) is 49.6 Å². The van der Waals surface area contributed by atoms with Gasteiger partial charge in [0, 0.05) is 12.7 Å². The Balaban J connectivity index is 1.82. The molecule has 0 spiro atoms. The average Bonchev–Trinajstić information content (AvgIpc) is 2.53. The van der Waals surface area contributed by atoms with Crippen molar-refractivity contribution in [2.45, 2.75) is 30.0 Å². The zero-order valence-electron chi connectivity index (χ0n) is 12.2. The Hall–Kier alpha value is -1.95. The minimum Gasteiger partial charge on any atom is -0.309 e. The second-order valence-electron chi connectivity index (χ2n) is 5.26. The zero-order valence-corrected chi connectivity index (χ0v) is 13.0. The highest BCUT2D eigenvalue weighted by atomic mass is 32.2. The van der Waals surface area contributed by atoms with Crippen molar-refractivity contribution in [3.63, 3.8) is 0 Å². The van der Waals surface area contributed by atoms with Crippen LogP contribution in [0.5, 0.6) is 0 Å². The molecule has 1 aliphatic heterocycles. The summed E-state index contributed by atoms with van der Waals surface area (Å²) in [6.45, 7) is 2.44. The third-order valence-corrected chi connectivity index (χ3v) is 4.77. The summed E-state index contributed by atoms with van der Waals surface area (Å²) in [4.78, 5) is 14.2. The monoisotopic (exact) mass is 317 g/mol. The van der Waals surface area contributed by atoms with Crippen LogP contribution in [0.3, 0.4) is 0 Å². The third-order valence-electron chi connectivity index (χ3n) is 3.59. The summed E-state index contributed by atoms with van der Waals surface area (Å²) in [6, 6.07) is 8.47. The van der Waals surface area contributed by atoms with Crippen LogP contribution in [0.1, 0.15) is 18.4 Å². The lowest BCUT2D eigenvalue weighted by molar-refractivity contribution is -0.119.